The van der Waals surface area contributed by atoms with E-state index in [-0.39, 0.29) is 11.9 Å². The van der Waals surface area contributed by atoms with Crippen LogP contribution in [-0.4, -0.2) is 24.6 Å². The first kappa shape index (κ1) is 21.7. The molecule has 7 heteroatoms. The van der Waals surface area contributed by atoms with Gasteiger partial charge in [-0.15, -0.1) is 11.3 Å². The largest absolute Gasteiger partial charge is 0.481 e. The number of esters is 1. The first-order chi connectivity index (χ1) is 13.9. The monoisotopic (exact) mass is 435 g/mol. The summed E-state index contributed by atoms with van der Waals surface area (Å²) in [7, 11) is 0. The molecule has 1 amide bonds. The number of hydrogen-bond donors (Lipinski definition) is 1. The number of benzene rings is 1. The van der Waals surface area contributed by atoms with Crippen molar-refractivity contribution in [2.75, 3.05) is 11.9 Å². The van der Waals surface area contributed by atoms with Gasteiger partial charge in [-0.05, 0) is 75.8 Å². The van der Waals surface area contributed by atoms with E-state index in [4.69, 9.17) is 21.1 Å². The summed E-state index contributed by atoms with van der Waals surface area (Å²) < 4.78 is 11.1. The van der Waals surface area contributed by atoms with Crippen molar-refractivity contribution in [2.45, 2.75) is 59.0 Å². The molecule has 3 rings (SSSR count). The van der Waals surface area contributed by atoms with E-state index in [0.717, 1.165) is 43.2 Å². The summed E-state index contributed by atoms with van der Waals surface area (Å²) in [5.41, 5.74) is 2.40. The van der Waals surface area contributed by atoms with Gasteiger partial charge in [0.25, 0.3) is 5.91 Å². The lowest BCUT2D eigenvalue weighted by atomic mass is 10.1. The smallest absolute Gasteiger partial charge is 0.341 e. The zero-order valence-corrected chi connectivity index (χ0v) is 18.5. The van der Waals surface area contributed by atoms with Gasteiger partial charge in [-0.3, -0.25) is 4.79 Å². The second kappa shape index (κ2) is 9.63. The molecule has 1 aliphatic rings. The summed E-state index contributed by atoms with van der Waals surface area (Å²) in [6.45, 7) is 5.64. The highest BCUT2D eigenvalue weighted by Crippen LogP contribution is 2.38. The van der Waals surface area contributed by atoms with Gasteiger partial charge >= 0.3 is 5.97 Å². The predicted octanol–water partition coefficient (Wildman–Crippen LogP) is 5.56. The van der Waals surface area contributed by atoms with Gasteiger partial charge < -0.3 is 14.8 Å². The lowest BCUT2D eigenvalue weighted by molar-refractivity contribution is -0.122. The first-order valence-electron chi connectivity index (χ1n) is 9.96. The number of fused-ring (bicyclic) bond motifs is 1. The fourth-order valence-electron chi connectivity index (χ4n) is 3.45. The molecule has 0 bridgehead atoms. The maximum absolute atomic E-state index is 12.8. The number of thiophene rings is 1. The molecule has 1 aromatic heterocycles. The second-order valence-electron chi connectivity index (χ2n) is 7.15. The number of nitrogens with one attached hydrogen (secondary N) is 1. The van der Waals surface area contributed by atoms with E-state index in [1.807, 2.05) is 6.92 Å². The van der Waals surface area contributed by atoms with Crippen molar-refractivity contribution in [2.24, 2.45) is 0 Å². The molecule has 0 aliphatic heterocycles. The van der Waals surface area contributed by atoms with Crippen molar-refractivity contribution in [3.63, 3.8) is 0 Å². The van der Waals surface area contributed by atoms with Crippen LogP contribution in [0.1, 0.15) is 59.5 Å². The lowest BCUT2D eigenvalue weighted by Gasteiger charge is -2.16. The number of carbonyl (C=O) groups is 2. The summed E-state index contributed by atoms with van der Waals surface area (Å²) >= 11 is 7.46. The van der Waals surface area contributed by atoms with Crippen LogP contribution in [0.15, 0.2) is 18.2 Å². The zero-order chi connectivity index (χ0) is 21.0. The molecule has 0 saturated carbocycles. The summed E-state index contributed by atoms with van der Waals surface area (Å²) in [5.74, 6) is -0.0738. The van der Waals surface area contributed by atoms with Crippen molar-refractivity contribution in [1.29, 1.82) is 0 Å². The Morgan fingerprint density at radius 1 is 1.24 bits per heavy atom. The van der Waals surface area contributed by atoms with E-state index in [9.17, 15) is 9.59 Å². The predicted molar refractivity (Wildman–Crippen MR) is 116 cm³/mol. The Morgan fingerprint density at radius 2 is 2.00 bits per heavy atom. The van der Waals surface area contributed by atoms with E-state index < -0.39 is 6.10 Å². The Kier molecular flexibility index (Phi) is 7.19. The van der Waals surface area contributed by atoms with Crippen LogP contribution in [0, 0.1) is 6.92 Å². The maximum atomic E-state index is 12.8. The van der Waals surface area contributed by atoms with Gasteiger partial charge in [0.2, 0.25) is 0 Å². The fraction of sp³-hybridized carbons (Fsp3) is 0.455. The summed E-state index contributed by atoms with van der Waals surface area (Å²) in [4.78, 5) is 26.6. The van der Waals surface area contributed by atoms with E-state index >= 15 is 0 Å². The van der Waals surface area contributed by atoms with Crippen LogP contribution < -0.4 is 10.1 Å². The molecule has 1 atom stereocenters. The molecule has 1 unspecified atom stereocenters. The molecule has 0 radical (unpaired) electrons. The molecule has 1 aliphatic carbocycles. The van der Waals surface area contributed by atoms with Gasteiger partial charge in [-0.25, -0.2) is 4.79 Å². The number of halogens is 1. The van der Waals surface area contributed by atoms with E-state index in [0.29, 0.717) is 27.9 Å². The minimum absolute atomic E-state index is 0.298. The molecule has 5 nitrogen and oxygen atoms in total. The molecule has 29 heavy (non-hydrogen) atoms. The highest BCUT2D eigenvalue weighted by Gasteiger charge is 2.28. The Hall–Kier alpha value is -2.05. The van der Waals surface area contributed by atoms with E-state index in [1.54, 1.807) is 32.0 Å². The number of rotatable bonds is 6. The maximum Gasteiger partial charge on any atom is 0.341 e. The van der Waals surface area contributed by atoms with Crippen molar-refractivity contribution >= 4 is 39.8 Å². The van der Waals surface area contributed by atoms with Crippen molar-refractivity contribution < 1.29 is 19.1 Å². The number of carbonyl (C=O) groups excluding carboxylic acids is 2. The third kappa shape index (κ3) is 5.11. The lowest BCUT2D eigenvalue weighted by Crippen LogP contribution is -2.30. The highest BCUT2D eigenvalue weighted by atomic mass is 35.5. The van der Waals surface area contributed by atoms with Crippen LogP contribution >= 0.6 is 22.9 Å². The van der Waals surface area contributed by atoms with Crippen LogP contribution in [0.4, 0.5) is 5.00 Å². The quantitative estimate of drug-likeness (QED) is 0.476. The SMILES string of the molecule is CCOC(=O)c1c(NC(=O)C(C)Oc2ccc(Cl)cc2C)sc2c1CCCCC2. The molecule has 1 aromatic carbocycles. The van der Waals surface area contributed by atoms with Crippen molar-refractivity contribution in [3.8, 4) is 5.75 Å². The van der Waals surface area contributed by atoms with Crippen LogP contribution in [0.3, 0.4) is 0 Å². The number of amides is 1. The molecular formula is C22H26ClNO4S. The number of anilines is 1. The van der Waals surface area contributed by atoms with E-state index in [2.05, 4.69) is 5.32 Å². The molecule has 156 valence electrons. The molecule has 2 aromatic rings. The number of ether oxygens (including phenoxy) is 2. The highest BCUT2D eigenvalue weighted by molar-refractivity contribution is 7.17. The zero-order valence-electron chi connectivity index (χ0n) is 17.0. The van der Waals surface area contributed by atoms with Gasteiger partial charge in [0.05, 0.1) is 12.2 Å². The van der Waals surface area contributed by atoms with Gasteiger partial charge in [-0.1, -0.05) is 18.0 Å². The molecule has 0 saturated heterocycles. The average Bonchev–Trinajstić information content (AvgIpc) is 2.84. The summed E-state index contributed by atoms with van der Waals surface area (Å²) in [6, 6.07) is 5.26. The van der Waals surface area contributed by atoms with Gasteiger partial charge in [0.1, 0.15) is 10.8 Å². The van der Waals surface area contributed by atoms with Crippen LogP contribution in [-0.2, 0) is 22.4 Å². The third-order valence-corrected chi connectivity index (χ3v) is 6.39. The normalized spacial score (nSPS) is 14.5. The van der Waals surface area contributed by atoms with Gasteiger partial charge in [-0.2, -0.15) is 0 Å². The minimum Gasteiger partial charge on any atom is -0.481 e. The Balaban J connectivity index is 1.80. The fourth-order valence-corrected chi connectivity index (χ4v) is 4.96. The standard InChI is InChI=1S/C22H26ClNO4S/c1-4-27-22(26)19-16-8-6-5-7-9-18(16)29-21(19)24-20(25)14(3)28-17-11-10-15(23)12-13(17)2/h10-12,14H,4-9H2,1-3H3,(H,24,25). The Labute approximate surface area is 180 Å². The topological polar surface area (TPSA) is 64.6 Å². The molecule has 0 spiro atoms. The Bertz CT molecular complexity index is 908. The van der Waals surface area contributed by atoms with Crippen LogP contribution in [0.5, 0.6) is 5.75 Å². The molecular weight excluding hydrogens is 410 g/mol. The van der Waals surface area contributed by atoms with Crippen LogP contribution in [0.2, 0.25) is 5.02 Å². The summed E-state index contributed by atoms with van der Waals surface area (Å²) in [5, 5.41) is 4.08. The minimum atomic E-state index is -0.730. The second-order valence-corrected chi connectivity index (χ2v) is 8.69. The third-order valence-electron chi connectivity index (χ3n) is 4.95. The summed E-state index contributed by atoms with van der Waals surface area (Å²) in [6.07, 6.45) is 4.32. The van der Waals surface area contributed by atoms with E-state index in [1.165, 1.54) is 16.2 Å². The Morgan fingerprint density at radius 3 is 2.72 bits per heavy atom. The average molecular weight is 436 g/mol. The van der Waals surface area contributed by atoms with Crippen molar-refractivity contribution in [1.82, 2.24) is 0 Å². The number of hydrogen-bond acceptors (Lipinski definition) is 5. The van der Waals surface area contributed by atoms with Gasteiger partial charge in [0, 0.05) is 9.90 Å². The van der Waals surface area contributed by atoms with Crippen molar-refractivity contribution in [3.05, 3.63) is 44.8 Å². The van der Waals surface area contributed by atoms with Crippen LogP contribution in [0.25, 0.3) is 0 Å². The molecule has 1 N–H and O–H groups in total. The molecule has 1 heterocycles. The molecule has 0 fully saturated rings. The van der Waals surface area contributed by atoms with Gasteiger partial charge in [0.15, 0.2) is 6.10 Å². The number of aryl methyl sites for hydroxylation is 2. The first-order valence-corrected chi connectivity index (χ1v) is 11.2.